The van der Waals surface area contributed by atoms with Gasteiger partial charge in [0.05, 0.1) is 16.6 Å². The number of alkyl halides is 3. The minimum absolute atomic E-state index is 0.130. The zero-order chi connectivity index (χ0) is 15.0. The number of aromatic amines is 1. The Morgan fingerprint density at radius 2 is 2.10 bits per heavy atom. The number of aromatic nitrogens is 2. The molecule has 2 N–H and O–H groups in total. The van der Waals surface area contributed by atoms with E-state index in [0.717, 1.165) is 37.9 Å². The van der Waals surface area contributed by atoms with Crippen molar-refractivity contribution in [3.63, 3.8) is 0 Å². The lowest BCUT2D eigenvalue weighted by Crippen LogP contribution is -2.39. The Hall–Kier alpha value is -1.76. The molecule has 1 aliphatic rings. The van der Waals surface area contributed by atoms with Gasteiger partial charge in [-0.05, 0) is 37.6 Å². The number of H-pyrrole nitrogens is 1. The summed E-state index contributed by atoms with van der Waals surface area (Å²) < 4.78 is 39.8. The van der Waals surface area contributed by atoms with Gasteiger partial charge in [-0.25, -0.2) is 4.79 Å². The number of benzene rings is 1. The number of imidazole rings is 1. The second-order valence-electron chi connectivity index (χ2n) is 5.42. The summed E-state index contributed by atoms with van der Waals surface area (Å²) >= 11 is 0. The van der Waals surface area contributed by atoms with Crippen LogP contribution in [0.3, 0.4) is 0 Å². The summed E-state index contributed by atoms with van der Waals surface area (Å²) in [5, 5.41) is 3.30. The molecule has 1 unspecified atom stereocenters. The third-order valence-corrected chi connectivity index (χ3v) is 3.92. The van der Waals surface area contributed by atoms with E-state index in [9.17, 15) is 18.0 Å². The van der Waals surface area contributed by atoms with Crippen molar-refractivity contribution in [2.75, 3.05) is 6.54 Å². The van der Waals surface area contributed by atoms with Crippen LogP contribution in [0.5, 0.6) is 0 Å². The topological polar surface area (TPSA) is 49.8 Å². The summed E-state index contributed by atoms with van der Waals surface area (Å²) in [4.78, 5) is 14.6. The number of nitrogens with one attached hydrogen (secondary N) is 2. The van der Waals surface area contributed by atoms with Gasteiger partial charge in [-0.15, -0.1) is 0 Å². The maximum Gasteiger partial charge on any atom is 0.416 e. The highest BCUT2D eigenvalue weighted by Crippen LogP contribution is 2.30. The van der Waals surface area contributed by atoms with E-state index >= 15 is 0 Å². The Labute approximate surface area is 119 Å². The van der Waals surface area contributed by atoms with Gasteiger partial charge in [-0.3, -0.25) is 4.57 Å². The normalized spacial score (nSPS) is 20.0. The molecule has 0 spiro atoms. The monoisotopic (exact) mass is 299 g/mol. The molecule has 2 heterocycles. The van der Waals surface area contributed by atoms with E-state index < -0.39 is 11.7 Å². The standard InChI is InChI=1S/C14H16F3N3O/c15-14(16,17)9-4-5-11-12(7-9)20(13(21)19-11)8-10-3-1-2-6-18-10/h4-5,7,10,18H,1-3,6,8H2,(H,19,21). The van der Waals surface area contributed by atoms with Gasteiger partial charge in [0.25, 0.3) is 0 Å². The summed E-state index contributed by atoms with van der Waals surface area (Å²) in [6, 6.07) is 3.46. The van der Waals surface area contributed by atoms with Crippen LogP contribution in [0.4, 0.5) is 13.2 Å². The quantitative estimate of drug-likeness (QED) is 0.895. The minimum atomic E-state index is -4.41. The zero-order valence-corrected chi connectivity index (χ0v) is 11.3. The number of hydrogen-bond donors (Lipinski definition) is 2. The van der Waals surface area contributed by atoms with E-state index in [1.807, 2.05) is 0 Å². The van der Waals surface area contributed by atoms with Crippen molar-refractivity contribution in [3.05, 3.63) is 34.2 Å². The van der Waals surface area contributed by atoms with Gasteiger partial charge in [0.1, 0.15) is 0 Å². The van der Waals surface area contributed by atoms with Gasteiger partial charge in [0.2, 0.25) is 0 Å². The van der Waals surface area contributed by atoms with E-state index in [1.54, 1.807) is 0 Å². The van der Waals surface area contributed by atoms with Crippen LogP contribution in [-0.2, 0) is 12.7 Å². The summed E-state index contributed by atoms with van der Waals surface area (Å²) in [5.41, 5.74) is -0.359. The molecule has 0 aliphatic carbocycles. The molecule has 0 radical (unpaired) electrons. The largest absolute Gasteiger partial charge is 0.416 e. The Bertz CT molecular complexity index is 696. The predicted octanol–water partition coefficient (Wildman–Crippen LogP) is 2.49. The molecule has 7 heteroatoms. The van der Waals surface area contributed by atoms with Crippen molar-refractivity contribution in [1.29, 1.82) is 0 Å². The highest BCUT2D eigenvalue weighted by atomic mass is 19.4. The average molecular weight is 299 g/mol. The van der Waals surface area contributed by atoms with Crippen LogP contribution < -0.4 is 11.0 Å². The molecule has 21 heavy (non-hydrogen) atoms. The first-order valence-corrected chi connectivity index (χ1v) is 6.98. The fourth-order valence-electron chi connectivity index (χ4n) is 2.81. The Morgan fingerprint density at radius 1 is 1.29 bits per heavy atom. The van der Waals surface area contributed by atoms with Crippen LogP contribution >= 0.6 is 0 Å². The van der Waals surface area contributed by atoms with Crippen molar-refractivity contribution < 1.29 is 13.2 Å². The molecule has 1 saturated heterocycles. The SMILES string of the molecule is O=c1[nH]c2ccc(C(F)(F)F)cc2n1CC1CCCCN1. The molecule has 2 aromatic rings. The van der Waals surface area contributed by atoms with Crippen LogP contribution in [0, 0.1) is 0 Å². The fraction of sp³-hybridized carbons (Fsp3) is 0.500. The average Bonchev–Trinajstić information content (AvgIpc) is 2.75. The first-order chi connectivity index (χ1) is 9.95. The van der Waals surface area contributed by atoms with Gasteiger partial charge in [-0.2, -0.15) is 13.2 Å². The molecule has 0 saturated carbocycles. The number of rotatable bonds is 2. The fourth-order valence-corrected chi connectivity index (χ4v) is 2.81. The van der Waals surface area contributed by atoms with Gasteiger partial charge in [0, 0.05) is 12.6 Å². The first kappa shape index (κ1) is 14.2. The summed E-state index contributed by atoms with van der Waals surface area (Å²) in [6.45, 7) is 1.27. The van der Waals surface area contributed by atoms with Gasteiger partial charge >= 0.3 is 11.9 Å². The van der Waals surface area contributed by atoms with Crippen LogP contribution in [0.25, 0.3) is 11.0 Å². The van der Waals surface area contributed by atoms with Crippen molar-refractivity contribution in [1.82, 2.24) is 14.9 Å². The smallest absolute Gasteiger partial charge is 0.312 e. The molecule has 0 bridgehead atoms. The summed E-state index contributed by atoms with van der Waals surface area (Å²) in [7, 11) is 0. The predicted molar refractivity (Wildman–Crippen MR) is 73.2 cm³/mol. The Kier molecular flexibility index (Phi) is 3.52. The van der Waals surface area contributed by atoms with E-state index in [-0.39, 0.29) is 11.7 Å². The molecule has 0 amide bonds. The van der Waals surface area contributed by atoms with Crippen LogP contribution in [-0.4, -0.2) is 22.1 Å². The first-order valence-electron chi connectivity index (χ1n) is 6.98. The third-order valence-electron chi connectivity index (χ3n) is 3.92. The van der Waals surface area contributed by atoms with E-state index in [1.165, 1.54) is 10.6 Å². The van der Waals surface area contributed by atoms with Crippen molar-refractivity contribution in [2.45, 2.75) is 38.0 Å². The highest BCUT2D eigenvalue weighted by Gasteiger charge is 2.31. The van der Waals surface area contributed by atoms with Crippen molar-refractivity contribution in [3.8, 4) is 0 Å². The number of piperidine rings is 1. The van der Waals surface area contributed by atoms with E-state index in [2.05, 4.69) is 10.3 Å². The molecule has 1 aliphatic heterocycles. The molecule has 1 aromatic heterocycles. The molecule has 3 rings (SSSR count). The zero-order valence-electron chi connectivity index (χ0n) is 11.3. The molecule has 1 fully saturated rings. The number of nitrogens with zero attached hydrogens (tertiary/aromatic N) is 1. The summed E-state index contributed by atoms with van der Waals surface area (Å²) in [5.74, 6) is 0. The molecular weight excluding hydrogens is 283 g/mol. The van der Waals surface area contributed by atoms with Crippen LogP contribution in [0.2, 0.25) is 0 Å². The van der Waals surface area contributed by atoms with Gasteiger partial charge in [-0.1, -0.05) is 6.42 Å². The van der Waals surface area contributed by atoms with Gasteiger partial charge < -0.3 is 10.3 Å². The Balaban J connectivity index is 2.00. The lowest BCUT2D eigenvalue weighted by Gasteiger charge is -2.23. The highest BCUT2D eigenvalue weighted by molar-refractivity contribution is 5.76. The molecule has 4 nitrogen and oxygen atoms in total. The molecule has 1 atom stereocenters. The maximum absolute atomic E-state index is 12.8. The van der Waals surface area contributed by atoms with Crippen molar-refractivity contribution in [2.24, 2.45) is 0 Å². The second kappa shape index (κ2) is 5.22. The second-order valence-corrected chi connectivity index (χ2v) is 5.42. The lowest BCUT2D eigenvalue weighted by atomic mass is 10.1. The van der Waals surface area contributed by atoms with Gasteiger partial charge in [0.15, 0.2) is 0 Å². The number of halogens is 3. The van der Waals surface area contributed by atoms with Crippen LogP contribution in [0.15, 0.2) is 23.0 Å². The molecule has 1 aromatic carbocycles. The minimum Gasteiger partial charge on any atom is -0.312 e. The molecule has 114 valence electrons. The van der Waals surface area contributed by atoms with Crippen molar-refractivity contribution >= 4 is 11.0 Å². The lowest BCUT2D eigenvalue weighted by molar-refractivity contribution is -0.137. The van der Waals surface area contributed by atoms with E-state index in [4.69, 9.17) is 0 Å². The number of hydrogen-bond acceptors (Lipinski definition) is 2. The third kappa shape index (κ3) is 2.83. The summed E-state index contributed by atoms with van der Waals surface area (Å²) in [6.07, 6.45) is -1.31. The number of fused-ring (bicyclic) bond motifs is 1. The van der Waals surface area contributed by atoms with Crippen LogP contribution in [0.1, 0.15) is 24.8 Å². The van der Waals surface area contributed by atoms with E-state index in [0.29, 0.717) is 17.6 Å². The molecular formula is C14H16F3N3O. The maximum atomic E-state index is 12.8. The Morgan fingerprint density at radius 3 is 2.76 bits per heavy atom.